The lowest BCUT2D eigenvalue weighted by molar-refractivity contribution is 0.318. The van der Waals surface area contributed by atoms with Crippen LogP contribution in [0, 0.1) is 5.92 Å². The summed E-state index contributed by atoms with van der Waals surface area (Å²) in [5.74, 6) is 0.857. The number of hydrogen-bond donors (Lipinski definition) is 1. The summed E-state index contributed by atoms with van der Waals surface area (Å²) in [7, 11) is 0. The second-order valence-corrected chi connectivity index (χ2v) is 6.74. The molecule has 1 aromatic heterocycles. The Kier molecular flexibility index (Phi) is 4.56. The van der Waals surface area contributed by atoms with E-state index in [4.69, 9.17) is 10.7 Å². The van der Waals surface area contributed by atoms with E-state index in [-0.39, 0.29) is 0 Å². The number of rotatable bonds is 6. The molecule has 1 aliphatic rings. The lowest BCUT2D eigenvalue weighted by Crippen LogP contribution is -2.32. The number of hydrogen-bond acceptors (Lipinski definition) is 4. The molecule has 0 aliphatic heterocycles. The molecule has 112 valence electrons. The first-order valence-corrected chi connectivity index (χ1v) is 8.63. The summed E-state index contributed by atoms with van der Waals surface area (Å²) in [6.07, 6.45) is 4.14. The standard InChI is InChI=1S/C17H23N3S/c1-2-20(12-13-7-6-8-13)17-19-16(15(11-18)21-17)14-9-4-3-5-10-14/h3-5,9-10,13H,2,6-8,11-12,18H2,1H3. The number of thiazole rings is 1. The van der Waals surface area contributed by atoms with Crippen molar-refractivity contribution in [3.8, 4) is 11.3 Å². The lowest BCUT2D eigenvalue weighted by atomic mass is 9.85. The van der Waals surface area contributed by atoms with Crippen molar-refractivity contribution in [1.29, 1.82) is 0 Å². The van der Waals surface area contributed by atoms with Crippen molar-refractivity contribution < 1.29 is 0 Å². The molecule has 3 rings (SSSR count). The zero-order chi connectivity index (χ0) is 14.7. The number of nitrogens with two attached hydrogens (primary N) is 1. The van der Waals surface area contributed by atoms with Crippen LogP contribution in [0.5, 0.6) is 0 Å². The number of aromatic nitrogens is 1. The van der Waals surface area contributed by atoms with Crippen LogP contribution in [0.1, 0.15) is 31.1 Å². The molecule has 0 unspecified atom stereocenters. The smallest absolute Gasteiger partial charge is 0.186 e. The van der Waals surface area contributed by atoms with Gasteiger partial charge in [-0.3, -0.25) is 0 Å². The minimum Gasteiger partial charge on any atom is -0.348 e. The predicted molar refractivity (Wildman–Crippen MR) is 90.7 cm³/mol. The maximum absolute atomic E-state index is 5.93. The van der Waals surface area contributed by atoms with E-state index in [1.54, 1.807) is 11.3 Å². The summed E-state index contributed by atoms with van der Waals surface area (Å²) in [5.41, 5.74) is 8.16. The molecule has 4 heteroatoms. The summed E-state index contributed by atoms with van der Waals surface area (Å²) < 4.78 is 0. The van der Waals surface area contributed by atoms with E-state index in [1.807, 2.05) is 6.07 Å². The molecule has 1 fully saturated rings. The fourth-order valence-corrected chi connectivity index (χ4v) is 3.80. The van der Waals surface area contributed by atoms with Crippen LogP contribution in [0.4, 0.5) is 5.13 Å². The van der Waals surface area contributed by atoms with Crippen LogP contribution in [0.25, 0.3) is 11.3 Å². The SMILES string of the molecule is CCN(CC1CCC1)c1nc(-c2ccccc2)c(CN)s1. The number of anilines is 1. The molecular formula is C17H23N3S. The highest BCUT2D eigenvalue weighted by Crippen LogP contribution is 2.35. The molecule has 3 nitrogen and oxygen atoms in total. The second-order valence-electron chi connectivity index (χ2n) is 5.67. The Morgan fingerprint density at radius 3 is 2.62 bits per heavy atom. The van der Waals surface area contributed by atoms with E-state index in [0.717, 1.165) is 29.8 Å². The average Bonchev–Trinajstić information content (AvgIpc) is 2.91. The Bertz CT molecular complexity index is 575. The van der Waals surface area contributed by atoms with E-state index in [1.165, 1.54) is 29.7 Å². The van der Waals surface area contributed by atoms with Gasteiger partial charge in [0, 0.05) is 30.1 Å². The van der Waals surface area contributed by atoms with Gasteiger partial charge in [-0.2, -0.15) is 0 Å². The van der Waals surface area contributed by atoms with Gasteiger partial charge in [-0.1, -0.05) is 48.1 Å². The summed E-state index contributed by atoms with van der Waals surface area (Å²) in [6, 6.07) is 10.4. The van der Waals surface area contributed by atoms with Gasteiger partial charge in [0.1, 0.15) is 0 Å². The first kappa shape index (κ1) is 14.5. The molecule has 1 heterocycles. The molecule has 2 aromatic rings. The Balaban J connectivity index is 1.87. The van der Waals surface area contributed by atoms with Crippen molar-refractivity contribution in [2.24, 2.45) is 11.7 Å². The van der Waals surface area contributed by atoms with Crippen LogP contribution in [0.15, 0.2) is 30.3 Å². The molecule has 0 atom stereocenters. The third-order valence-corrected chi connectivity index (χ3v) is 5.41. The van der Waals surface area contributed by atoms with E-state index >= 15 is 0 Å². The second kappa shape index (κ2) is 6.58. The van der Waals surface area contributed by atoms with Gasteiger partial charge < -0.3 is 10.6 Å². The van der Waals surface area contributed by atoms with Gasteiger partial charge in [0.05, 0.1) is 5.69 Å². The molecule has 0 amide bonds. The molecule has 0 saturated heterocycles. The highest BCUT2D eigenvalue weighted by atomic mass is 32.1. The largest absolute Gasteiger partial charge is 0.348 e. The van der Waals surface area contributed by atoms with Gasteiger partial charge in [-0.05, 0) is 25.7 Å². The van der Waals surface area contributed by atoms with Gasteiger partial charge >= 0.3 is 0 Å². The third-order valence-electron chi connectivity index (χ3n) is 4.27. The van der Waals surface area contributed by atoms with Gasteiger partial charge in [0.25, 0.3) is 0 Å². The molecule has 1 aliphatic carbocycles. The van der Waals surface area contributed by atoms with Crippen molar-refractivity contribution in [3.05, 3.63) is 35.2 Å². The van der Waals surface area contributed by atoms with Crippen LogP contribution in [-0.4, -0.2) is 18.1 Å². The molecule has 0 radical (unpaired) electrons. The Hall–Kier alpha value is -1.39. The summed E-state index contributed by atoms with van der Waals surface area (Å²) in [4.78, 5) is 8.50. The normalized spacial score (nSPS) is 15.0. The fraction of sp³-hybridized carbons (Fsp3) is 0.471. The molecule has 1 aromatic carbocycles. The molecule has 1 saturated carbocycles. The van der Waals surface area contributed by atoms with Crippen LogP contribution in [0.2, 0.25) is 0 Å². The Labute approximate surface area is 130 Å². The van der Waals surface area contributed by atoms with Gasteiger partial charge in [0.2, 0.25) is 0 Å². The molecular weight excluding hydrogens is 278 g/mol. The van der Waals surface area contributed by atoms with Gasteiger partial charge in [0.15, 0.2) is 5.13 Å². The van der Waals surface area contributed by atoms with Gasteiger partial charge in [-0.15, -0.1) is 0 Å². The minimum absolute atomic E-state index is 0.558. The number of nitrogens with zero attached hydrogens (tertiary/aromatic N) is 2. The van der Waals surface area contributed by atoms with Crippen LogP contribution in [0.3, 0.4) is 0 Å². The first-order valence-electron chi connectivity index (χ1n) is 7.82. The highest BCUT2D eigenvalue weighted by molar-refractivity contribution is 7.16. The van der Waals surface area contributed by atoms with Gasteiger partial charge in [-0.25, -0.2) is 4.98 Å². The van der Waals surface area contributed by atoms with Crippen molar-refractivity contribution in [3.63, 3.8) is 0 Å². The van der Waals surface area contributed by atoms with Crippen LogP contribution < -0.4 is 10.6 Å². The molecule has 2 N–H and O–H groups in total. The maximum Gasteiger partial charge on any atom is 0.186 e. The van der Waals surface area contributed by atoms with E-state index in [2.05, 4.69) is 36.1 Å². The Morgan fingerprint density at radius 2 is 2.05 bits per heavy atom. The lowest BCUT2D eigenvalue weighted by Gasteiger charge is -2.31. The summed E-state index contributed by atoms with van der Waals surface area (Å²) >= 11 is 1.75. The number of benzene rings is 1. The average molecular weight is 301 g/mol. The monoisotopic (exact) mass is 301 g/mol. The van der Waals surface area contributed by atoms with Crippen LogP contribution >= 0.6 is 11.3 Å². The maximum atomic E-state index is 5.93. The molecule has 0 bridgehead atoms. The zero-order valence-electron chi connectivity index (χ0n) is 12.6. The molecule has 0 spiro atoms. The fourth-order valence-electron chi connectivity index (χ4n) is 2.76. The molecule has 21 heavy (non-hydrogen) atoms. The highest BCUT2D eigenvalue weighted by Gasteiger charge is 2.22. The van der Waals surface area contributed by atoms with Crippen LogP contribution in [-0.2, 0) is 6.54 Å². The topological polar surface area (TPSA) is 42.2 Å². The predicted octanol–water partition coefficient (Wildman–Crippen LogP) is 3.90. The van der Waals surface area contributed by atoms with Crippen molar-refractivity contribution in [2.75, 3.05) is 18.0 Å². The summed E-state index contributed by atoms with van der Waals surface area (Å²) in [6.45, 7) is 4.93. The van der Waals surface area contributed by atoms with Crippen molar-refractivity contribution in [2.45, 2.75) is 32.7 Å². The first-order chi connectivity index (χ1) is 10.3. The Morgan fingerprint density at radius 1 is 1.29 bits per heavy atom. The quantitative estimate of drug-likeness (QED) is 0.880. The summed E-state index contributed by atoms with van der Waals surface area (Å²) in [5, 5.41) is 1.13. The van der Waals surface area contributed by atoms with Crippen molar-refractivity contribution in [1.82, 2.24) is 4.98 Å². The third kappa shape index (κ3) is 3.11. The minimum atomic E-state index is 0.558. The van der Waals surface area contributed by atoms with E-state index in [9.17, 15) is 0 Å². The van der Waals surface area contributed by atoms with Crippen molar-refractivity contribution >= 4 is 16.5 Å². The van der Waals surface area contributed by atoms with E-state index in [0.29, 0.717) is 6.54 Å². The van der Waals surface area contributed by atoms with E-state index < -0.39 is 0 Å². The zero-order valence-corrected chi connectivity index (χ0v) is 13.4.